The Morgan fingerprint density at radius 1 is 1.03 bits per heavy atom. The maximum Gasteiger partial charge on any atom is 0.259 e. The number of ether oxygens (including phenoxy) is 1. The topological polar surface area (TPSA) is 66.0 Å². The minimum Gasteiger partial charge on any atom is -0.484 e. The lowest BCUT2D eigenvalue weighted by Crippen LogP contribution is -2.37. The summed E-state index contributed by atoms with van der Waals surface area (Å²) in [7, 11) is 3.43. The SMILES string of the molecule is CCNC(=NCc1cccc(OCC(=O)N(C)C)c1)NCCCc1ccccc1. The lowest BCUT2D eigenvalue weighted by atomic mass is 10.1. The molecule has 0 bridgehead atoms. The summed E-state index contributed by atoms with van der Waals surface area (Å²) in [4.78, 5) is 17.8. The van der Waals surface area contributed by atoms with Crippen molar-refractivity contribution in [3.05, 3.63) is 65.7 Å². The molecule has 1 amide bonds. The van der Waals surface area contributed by atoms with Gasteiger partial charge in [0.2, 0.25) is 0 Å². The van der Waals surface area contributed by atoms with Gasteiger partial charge in [0.1, 0.15) is 5.75 Å². The van der Waals surface area contributed by atoms with Crippen LogP contribution in [0.3, 0.4) is 0 Å². The van der Waals surface area contributed by atoms with Crippen molar-refractivity contribution in [3.8, 4) is 5.75 Å². The van der Waals surface area contributed by atoms with Gasteiger partial charge in [-0.25, -0.2) is 4.99 Å². The van der Waals surface area contributed by atoms with Crippen LogP contribution in [-0.2, 0) is 17.8 Å². The molecule has 6 heteroatoms. The molecule has 0 fully saturated rings. The Balaban J connectivity index is 1.83. The highest BCUT2D eigenvalue weighted by Gasteiger charge is 2.05. The minimum atomic E-state index is -0.0671. The molecule has 0 aliphatic rings. The van der Waals surface area contributed by atoms with Crippen LogP contribution in [0, 0.1) is 0 Å². The highest BCUT2D eigenvalue weighted by Crippen LogP contribution is 2.14. The lowest BCUT2D eigenvalue weighted by Gasteiger charge is -2.12. The largest absolute Gasteiger partial charge is 0.484 e. The third-order valence-electron chi connectivity index (χ3n) is 4.30. The van der Waals surface area contributed by atoms with Gasteiger partial charge in [-0.1, -0.05) is 42.5 Å². The summed E-state index contributed by atoms with van der Waals surface area (Å²) in [6, 6.07) is 18.2. The van der Waals surface area contributed by atoms with Gasteiger partial charge in [-0.3, -0.25) is 4.79 Å². The van der Waals surface area contributed by atoms with Crippen molar-refractivity contribution < 1.29 is 9.53 Å². The van der Waals surface area contributed by atoms with Crippen LogP contribution in [0.4, 0.5) is 0 Å². The van der Waals surface area contributed by atoms with Gasteiger partial charge in [0, 0.05) is 27.2 Å². The molecule has 2 N–H and O–H groups in total. The molecule has 0 saturated heterocycles. The summed E-state index contributed by atoms with van der Waals surface area (Å²) in [5.41, 5.74) is 2.38. The molecule has 2 rings (SSSR count). The number of amides is 1. The van der Waals surface area contributed by atoms with E-state index in [4.69, 9.17) is 4.74 Å². The number of guanidine groups is 1. The Bertz CT molecular complexity index is 775. The van der Waals surface area contributed by atoms with E-state index in [0.717, 1.165) is 37.5 Å². The smallest absolute Gasteiger partial charge is 0.259 e. The van der Waals surface area contributed by atoms with Gasteiger partial charge >= 0.3 is 0 Å². The number of carbonyl (C=O) groups is 1. The zero-order valence-corrected chi connectivity index (χ0v) is 17.6. The normalized spacial score (nSPS) is 11.1. The molecule has 156 valence electrons. The molecule has 0 unspecified atom stereocenters. The molecule has 2 aromatic carbocycles. The number of nitrogens with zero attached hydrogens (tertiary/aromatic N) is 2. The highest BCUT2D eigenvalue weighted by atomic mass is 16.5. The molecular formula is C23H32N4O2. The van der Waals surface area contributed by atoms with E-state index >= 15 is 0 Å². The van der Waals surface area contributed by atoms with Crippen molar-refractivity contribution in [2.24, 2.45) is 4.99 Å². The van der Waals surface area contributed by atoms with Crippen molar-refractivity contribution in [3.63, 3.8) is 0 Å². The van der Waals surface area contributed by atoms with Gasteiger partial charge in [0.25, 0.3) is 5.91 Å². The number of rotatable bonds is 10. The second-order valence-corrected chi connectivity index (χ2v) is 6.94. The highest BCUT2D eigenvalue weighted by molar-refractivity contribution is 5.79. The molecule has 0 atom stereocenters. The molecule has 0 aromatic heterocycles. The summed E-state index contributed by atoms with van der Waals surface area (Å²) < 4.78 is 5.57. The first-order chi connectivity index (χ1) is 14.1. The third kappa shape index (κ3) is 8.68. The molecule has 29 heavy (non-hydrogen) atoms. The second kappa shape index (κ2) is 12.4. The van der Waals surface area contributed by atoms with E-state index in [0.29, 0.717) is 12.3 Å². The molecule has 0 saturated carbocycles. The fourth-order valence-corrected chi connectivity index (χ4v) is 2.66. The number of carbonyl (C=O) groups excluding carboxylic acids is 1. The third-order valence-corrected chi connectivity index (χ3v) is 4.30. The van der Waals surface area contributed by atoms with Gasteiger partial charge in [-0.15, -0.1) is 0 Å². The number of likely N-dealkylation sites (N-methyl/N-ethyl adjacent to an activating group) is 1. The van der Waals surface area contributed by atoms with E-state index in [9.17, 15) is 4.79 Å². The van der Waals surface area contributed by atoms with Crippen molar-refractivity contribution in [1.82, 2.24) is 15.5 Å². The summed E-state index contributed by atoms with van der Waals surface area (Å²) in [5.74, 6) is 1.41. The standard InChI is InChI=1S/C23H32N4O2/c1-4-24-23(25-15-9-13-19-10-6-5-7-11-19)26-17-20-12-8-14-21(16-20)29-18-22(28)27(2)3/h5-8,10-12,14,16H,4,9,13,15,17-18H2,1-3H3,(H2,24,25,26). The Morgan fingerprint density at radius 2 is 1.79 bits per heavy atom. The average Bonchev–Trinajstić information content (AvgIpc) is 2.74. The molecule has 0 aliphatic carbocycles. The quantitative estimate of drug-likeness (QED) is 0.368. The zero-order chi connectivity index (χ0) is 20.9. The van der Waals surface area contributed by atoms with Crippen molar-refractivity contribution in [1.29, 1.82) is 0 Å². The maximum atomic E-state index is 11.7. The van der Waals surface area contributed by atoms with Gasteiger partial charge in [-0.2, -0.15) is 0 Å². The molecule has 0 spiro atoms. The van der Waals surface area contributed by atoms with Crippen LogP contribution in [0.1, 0.15) is 24.5 Å². The van der Waals surface area contributed by atoms with E-state index in [1.54, 1.807) is 14.1 Å². The summed E-state index contributed by atoms with van der Waals surface area (Å²) in [5, 5.41) is 6.66. The Morgan fingerprint density at radius 3 is 2.52 bits per heavy atom. The van der Waals surface area contributed by atoms with Crippen LogP contribution in [0.25, 0.3) is 0 Å². The molecule has 0 aliphatic heterocycles. The summed E-state index contributed by atoms with van der Waals surface area (Å²) in [6.07, 6.45) is 2.08. The molecule has 2 aromatic rings. The first-order valence-electron chi connectivity index (χ1n) is 10.1. The average molecular weight is 397 g/mol. The number of aliphatic imine (C=N–C) groups is 1. The second-order valence-electron chi connectivity index (χ2n) is 6.94. The van der Waals surface area contributed by atoms with Crippen molar-refractivity contribution >= 4 is 11.9 Å². The van der Waals surface area contributed by atoms with E-state index < -0.39 is 0 Å². The van der Waals surface area contributed by atoms with Gasteiger partial charge in [-0.05, 0) is 43.0 Å². The number of nitrogens with one attached hydrogen (secondary N) is 2. The number of hydrogen-bond donors (Lipinski definition) is 2. The number of hydrogen-bond acceptors (Lipinski definition) is 3. The Kier molecular flexibility index (Phi) is 9.55. The van der Waals surface area contributed by atoms with Crippen LogP contribution in [0.2, 0.25) is 0 Å². The summed E-state index contributed by atoms with van der Waals surface area (Å²) in [6.45, 7) is 4.28. The maximum absolute atomic E-state index is 11.7. The molecule has 0 radical (unpaired) electrons. The van der Waals surface area contributed by atoms with E-state index in [1.807, 2.05) is 30.3 Å². The van der Waals surface area contributed by atoms with Gasteiger partial charge in [0.15, 0.2) is 12.6 Å². The van der Waals surface area contributed by atoms with Crippen LogP contribution in [-0.4, -0.2) is 50.6 Å². The first kappa shape index (κ1) is 22.3. The summed E-state index contributed by atoms with van der Waals surface area (Å²) >= 11 is 0. The van der Waals surface area contributed by atoms with E-state index in [1.165, 1.54) is 10.5 Å². The van der Waals surface area contributed by atoms with Crippen LogP contribution in [0.5, 0.6) is 5.75 Å². The molecular weight excluding hydrogens is 364 g/mol. The molecule has 0 heterocycles. The zero-order valence-electron chi connectivity index (χ0n) is 17.6. The van der Waals surface area contributed by atoms with Crippen LogP contribution in [0.15, 0.2) is 59.6 Å². The Hall–Kier alpha value is -3.02. The first-order valence-corrected chi connectivity index (χ1v) is 10.1. The van der Waals surface area contributed by atoms with E-state index in [2.05, 4.69) is 46.8 Å². The fraction of sp³-hybridized carbons (Fsp3) is 0.391. The van der Waals surface area contributed by atoms with Crippen LogP contribution >= 0.6 is 0 Å². The Labute approximate surface area is 174 Å². The minimum absolute atomic E-state index is 0.0331. The van der Waals surface area contributed by atoms with Gasteiger partial charge < -0.3 is 20.3 Å². The van der Waals surface area contributed by atoms with Gasteiger partial charge in [0.05, 0.1) is 6.54 Å². The predicted molar refractivity (Wildman–Crippen MR) is 118 cm³/mol. The van der Waals surface area contributed by atoms with Crippen LogP contribution < -0.4 is 15.4 Å². The van der Waals surface area contributed by atoms with Crippen molar-refractivity contribution in [2.45, 2.75) is 26.3 Å². The van der Waals surface area contributed by atoms with Crippen molar-refractivity contribution in [2.75, 3.05) is 33.8 Å². The predicted octanol–water partition coefficient (Wildman–Crippen LogP) is 2.84. The molecule has 6 nitrogen and oxygen atoms in total. The fourth-order valence-electron chi connectivity index (χ4n) is 2.66. The number of benzene rings is 2. The number of aryl methyl sites for hydroxylation is 1. The monoisotopic (exact) mass is 396 g/mol. The van der Waals surface area contributed by atoms with E-state index in [-0.39, 0.29) is 12.5 Å². The lowest BCUT2D eigenvalue weighted by molar-refractivity contribution is -0.130.